The Bertz CT molecular complexity index is 1120. The highest BCUT2D eigenvalue weighted by Gasteiger charge is 2.31. The van der Waals surface area contributed by atoms with Crippen LogP contribution in [0.4, 0.5) is 0 Å². The summed E-state index contributed by atoms with van der Waals surface area (Å²) in [6.45, 7) is 0. The maximum absolute atomic E-state index is 13.1. The number of carbonyl (C=O) groups excluding carboxylic acids is 1. The van der Waals surface area contributed by atoms with Crippen molar-refractivity contribution in [3.05, 3.63) is 83.7 Å². The summed E-state index contributed by atoms with van der Waals surface area (Å²) in [5.41, 5.74) is 1.93. The van der Waals surface area contributed by atoms with E-state index in [0.717, 1.165) is 34.8 Å². The van der Waals surface area contributed by atoms with E-state index in [4.69, 9.17) is 0 Å². The van der Waals surface area contributed by atoms with E-state index in [9.17, 15) is 4.79 Å². The number of nitrogens with zero attached hydrogens (tertiary/aromatic N) is 3. The lowest BCUT2D eigenvalue weighted by Crippen LogP contribution is -2.29. The number of thioether (sulfide) groups is 1. The number of rotatable bonds is 7. The van der Waals surface area contributed by atoms with Crippen molar-refractivity contribution >= 4 is 29.0 Å². The van der Waals surface area contributed by atoms with Crippen LogP contribution in [0.25, 0.3) is 16.4 Å². The first-order valence-corrected chi connectivity index (χ1v) is 11.6. The second-order valence-corrected chi connectivity index (χ2v) is 9.17. The van der Waals surface area contributed by atoms with E-state index in [-0.39, 0.29) is 5.91 Å². The molecule has 1 fully saturated rings. The average Bonchev–Trinajstić information content (AvgIpc) is 3.27. The molecule has 2 aromatic carbocycles. The highest BCUT2D eigenvalue weighted by atomic mass is 32.2. The van der Waals surface area contributed by atoms with Gasteiger partial charge in [0, 0.05) is 11.7 Å². The molecule has 1 saturated carbocycles. The molecule has 1 N–H and O–H groups in total. The van der Waals surface area contributed by atoms with Gasteiger partial charge in [0.15, 0.2) is 11.0 Å². The molecule has 30 heavy (non-hydrogen) atoms. The fourth-order valence-corrected chi connectivity index (χ4v) is 4.99. The van der Waals surface area contributed by atoms with Crippen LogP contribution in [0.1, 0.15) is 23.7 Å². The van der Waals surface area contributed by atoms with Gasteiger partial charge in [-0.05, 0) is 42.0 Å². The van der Waals surface area contributed by atoms with Gasteiger partial charge in [-0.25, -0.2) is 0 Å². The maximum atomic E-state index is 13.1. The van der Waals surface area contributed by atoms with Gasteiger partial charge in [0.05, 0.1) is 4.88 Å². The third-order valence-corrected chi connectivity index (χ3v) is 6.94. The van der Waals surface area contributed by atoms with Crippen molar-refractivity contribution in [2.24, 2.45) is 0 Å². The fraction of sp³-hybridized carbons (Fsp3) is 0.174. The number of hydrogen-bond donors (Lipinski definition) is 1. The lowest BCUT2D eigenvalue weighted by atomic mass is 10.1. The van der Waals surface area contributed by atoms with Crippen molar-refractivity contribution < 1.29 is 4.79 Å². The second-order valence-electron chi connectivity index (χ2n) is 7.15. The van der Waals surface area contributed by atoms with E-state index in [2.05, 4.69) is 15.5 Å². The summed E-state index contributed by atoms with van der Waals surface area (Å²) >= 11 is 3.07. The van der Waals surface area contributed by atoms with Crippen molar-refractivity contribution in [2.75, 3.05) is 0 Å². The molecule has 150 valence electrons. The summed E-state index contributed by atoms with van der Waals surface area (Å²) in [6, 6.07) is 24.3. The Hall–Kier alpha value is -2.90. The van der Waals surface area contributed by atoms with E-state index >= 15 is 0 Å². The molecule has 5 rings (SSSR count). The lowest BCUT2D eigenvalue weighted by Gasteiger charge is -2.17. The van der Waals surface area contributed by atoms with Crippen molar-refractivity contribution in [1.29, 1.82) is 0 Å². The zero-order valence-corrected chi connectivity index (χ0v) is 17.8. The van der Waals surface area contributed by atoms with E-state index < -0.39 is 5.25 Å². The van der Waals surface area contributed by atoms with Crippen LogP contribution in [0.3, 0.4) is 0 Å². The third-order valence-electron chi connectivity index (χ3n) is 4.88. The smallest absolute Gasteiger partial charge is 0.238 e. The molecule has 0 saturated heterocycles. The van der Waals surface area contributed by atoms with Gasteiger partial charge in [0.25, 0.3) is 0 Å². The predicted molar refractivity (Wildman–Crippen MR) is 121 cm³/mol. The number of carbonyl (C=O) groups is 1. The Balaban J connectivity index is 1.56. The van der Waals surface area contributed by atoms with Crippen LogP contribution < -0.4 is 5.32 Å². The minimum Gasteiger partial charge on any atom is -0.352 e. The Morgan fingerprint density at radius 3 is 2.40 bits per heavy atom. The van der Waals surface area contributed by atoms with Crippen LogP contribution in [0.2, 0.25) is 0 Å². The highest BCUT2D eigenvalue weighted by Crippen LogP contribution is 2.38. The third kappa shape index (κ3) is 4.04. The predicted octanol–water partition coefficient (Wildman–Crippen LogP) is 5.11. The molecule has 1 aliphatic carbocycles. The summed E-state index contributed by atoms with van der Waals surface area (Å²) in [6.07, 6.45) is 2.11. The quantitative estimate of drug-likeness (QED) is 0.412. The molecule has 4 aromatic rings. The van der Waals surface area contributed by atoms with Gasteiger partial charge in [-0.2, -0.15) is 0 Å². The number of para-hydroxylation sites is 1. The Labute approximate surface area is 183 Å². The zero-order valence-electron chi connectivity index (χ0n) is 16.1. The van der Waals surface area contributed by atoms with Gasteiger partial charge < -0.3 is 5.32 Å². The summed E-state index contributed by atoms with van der Waals surface area (Å²) < 4.78 is 2.04. The van der Waals surface area contributed by atoms with Gasteiger partial charge in [-0.3, -0.25) is 9.36 Å². The summed E-state index contributed by atoms with van der Waals surface area (Å²) in [4.78, 5) is 14.1. The van der Waals surface area contributed by atoms with Crippen LogP contribution in [-0.2, 0) is 4.79 Å². The number of aromatic nitrogens is 3. The monoisotopic (exact) mass is 432 g/mol. The molecule has 0 spiro atoms. The van der Waals surface area contributed by atoms with Crippen LogP contribution in [0.5, 0.6) is 0 Å². The molecule has 2 aromatic heterocycles. The molecule has 0 aliphatic heterocycles. The zero-order chi connectivity index (χ0) is 20.3. The molecule has 2 heterocycles. The Kier molecular flexibility index (Phi) is 5.38. The van der Waals surface area contributed by atoms with Crippen molar-refractivity contribution in [3.8, 4) is 16.4 Å². The number of hydrogen-bond acceptors (Lipinski definition) is 5. The van der Waals surface area contributed by atoms with Gasteiger partial charge in [-0.15, -0.1) is 21.5 Å². The van der Waals surface area contributed by atoms with Gasteiger partial charge in [0.2, 0.25) is 5.91 Å². The lowest BCUT2D eigenvalue weighted by molar-refractivity contribution is -0.120. The Morgan fingerprint density at radius 1 is 1.00 bits per heavy atom. The van der Waals surface area contributed by atoms with Gasteiger partial charge >= 0.3 is 0 Å². The number of thiophene rings is 1. The van der Waals surface area contributed by atoms with Crippen molar-refractivity contribution in [1.82, 2.24) is 20.1 Å². The minimum atomic E-state index is -0.394. The maximum Gasteiger partial charge on any atom is 0.238 e. The first-order chi connectivity index (χ1) is 14.8. The van der Waals surface area contributed by atoms with E-state index in [1.807, 2.05) is 82.7 Å². The highest BCUT2D eigenvalue weighted by molar-refractivity contribution is 8.00. The van der Waals surface area contributed by atoms with Crippen LogP contribution in [-0.4, -0.2) is 26.7 Å². The first kappa shape index (κ1) is 19.1. The summed E-state index contributed by atoms with van der Waals surface area (Å²) in [7, 11) is 0. The van der Waals surface area contributed by atoms with Gasteiger partial charge in [-0.1, -0.05) is 66.4 Å². The second kappa shape index (κ2) is 8.45. The SMILES string of the molecule is O=C(NC1CC1)[C@@H](Sc1nnc(-c2cccs2)n1-c1ccccc1)c1ccccc1. The summed E-state index contributed by atoms with van der Waals surface area (Å²) in [5, 5.41) is 14.5. The molecule has 0 unspecified atom stereocenters. The van der Waals surface area contributed by atoms with E-state index in [1.54, 1.807) is 11.3 Å². The van der Waals surface area contributed by atoms with E-state index in [1.165, 1.54) is 11.8 Å². The molecule has 7 heteroatoms. The number of amides is 1. The molecule has 0 radical (unpaired) electrons. The Morgan fingerprint density at radius 2 is 1.73 bits per heavy atom. The summed E-state index contributed by atoms with van der Waals surface area (Å²) in [5.74, 6) is 0.807. The number of benzene rings is 2. The van der Waals surface area contributed by atoms with Crippen LogP contribution in [0, 0.1) is 0 Å². The standard InChI is InChI=1S/C23H20N4OS2/c28-22(24-17-13-14-17)20(16-8-3-1-4-9-16)30-23-26-25-21(19-12-7-15-29-19)27(23)18-10-5-2-6-11-18/h1-12,15,17,20H,13-14H2,(H,24,28)/t20-/m0/s1. The largest absolute Gasteiger partial charge is 0.352 e. The molecular formula is C23H20N4OS2. The molecule has 1 amide bonds. The van der Waals surface area contributed by atoms with Crippen LogP contribution in [0.15, 0.2) is 83.3 Å². The molecular weight excluding hydrogens is 412 g/mol. The molecule has 1 atom stereocenters. The minimum absolute atomic E-state index is 0.0222. The van der Waals surface area contributed by atoms with Crippen molar-refractivity contribution in [3.63, 3.8) is 0 Å². The van der Waals surface area contributed by atoms with Crippen molar-refractivity contribution in [2.45, 2.75) is 29.3 Å². The number of nitrogens with one attached hydrogen (secondary N) is 1. The fourth-order valence-electron chi connectivity index (χ4n) is 3.23. The van der Waals surface area contributed by atoms with E-state index in [0.29, 0.717) is 11.2 Å². The average molecular weight is 433 g/mol. The first-order valence-electron chi connectivity index (χ1n) is 9.86. The van der Waals surface area contributed by atoms with Gasteiger partial charge in [0.1, 0.15) is 5.25 Å². The molecule has 5 nitrogen and oxygen atoms in total. The van der Waals surface area contributed by atoms with Crippen LogP contribution >= 0.6 is 23.1 Å². The topological polar surface area (TPSA) is 59.8 Å². The normalized spacial score (nSPS) is 14.4. The molecule has 0 bridgehead atoms. The molecule has 1 aliphatic rings.